The van der Waals surface area contributed by atoms with Crippen molar-refractivity contribution in [3.05, 3.63) is 75.7 Å². The molecule has 6 heteroatoms. The zero-order valence-electron chi connectivity index (χ0n) is 21.6. The molecule has 5 rings (SSSR count). The monoisotopic (exact) mass is 504 g/mol. The summed E-state index contributed by atoms with van der Waals surface area (Å²) in [6, 6.07) is 16.0. The summed E-state index contributed by atoms with van der Waals surface area (Å²) in [7, 11) is 0. The van der Waals surface area contributed by atoms with Crippen LogP contribution >= 0.6 is 11.3 Å². The van der Waals surface area contributed by atoms with Crippen LogP contribution in [-0.2, 0) is 19.4 Å². The van der Waals surface area contributed by atoms with Crippen LogP contribution in [0.25, 0.3) is 0 Å². The average molecular weight is 505 g/mol. The molecule has 190 valence electrons. The minimum Gasteiger partial charge on any atom is -0.490 e. The number of nitrogens with one attached hydrogen (secondary N) is 2. The van der Waals surface area contributed by atoms with Crippen LogP contribution in [-0.4, -0.2) is 12.5 Å². The molecule has 0 saturated heterocycles. The van der Waals surface area contributed by atoms with Crippen molar-refractivity contribution in [3.63, 3.8) is 0 Å². The number of amides is 1. The van der Waals surface area contributed by atoms with Gasteiger partial charge in [0.05, 0.1) is 12.2 Å². The van der Waals surface area contributed by atoms with Crippen molar-refractivity contribution in [2.45, 2.75) is 66.2 Å². The second-order valence-electron chi connectivity index (χ2n) is 10.5. The summed E-state index contributed by atoms with van der Waals surface area (Å²) < 4.78 is 12.0. The maximum absolute atomic E-state index is 13.3. The molecule has 0 fully saturated rings. The average Bonchev–Trinajstić information content (AvgIpc) is 3.27. The van der Waals surface area contributed by atoms with Crippen LogP contribution < -0.4 is 20.1 Å². The number of hydrogen-bond donors (Lipinski definition) is 2. The molecular weight excluding hydrogens is 468 g/mol. The van der Waals surface area contributed by atoms with E-state index in [-0.39, 0.29) is 12.1 Å². The highest BCUT2D eigenvalue weighted by Crippen LogP contribution is 2.47. The Bertz CT molecular complexity index is 1230. The molecule has 2 aliphatic rings. The Labute approximate surface area is 218 Å². The van der Waals surface area contributed by atoms with Crippen LogP contribution in [0.4, 0.5) is 5.00 Å². The van der Waals surface area contributed by atoms with Gasteiger partial charge >= 0.3 is 0 Å². The van der Waals surface area contributed by atoms with Crippen molar-refractivity contribution < 1.29 is 14.3 Å². The molecule has 0 saturated carbocycles. The Balaban J connectivity index is 1.36. The highest BCUT2D eigenvalue weighted by Gasteiger charge is 2.37. The normalized spacial score (nSPS) is 19.1. The Morgan fingerprint density at radius 1 is 1.03 bits per heavy atom. The van der Waals surface area contributed by atoms with Gasteiger partial charge in [-0.3, -0.25) is 4.79 Å². The molecule has 0 bridgehead atoms. The lowest BCUT2D eigenvalue weighted by Gasteiger charge is -2.36. The van der Waals surface area contributed by atoms with Gasteiger partial charge in [-0.05, 0) is 66.3 Å². The summed E-state index contributed by atoms with van der Waals surface area (Å²) in [5.74, 6) is 2.05. The highest BCUT2D eigenvalue weighted by molar-refractivity contribution is 7.16. The van der Waals surface area contributed by atoms with Crippen molar-refractivity contribution in [1.29, 1.82) is 0 Å². The molecule has 1 aliphatic carbocycles. The SMILES string of the molecule is CCOc1cc([C@H]2NC(=O)c3c(sc4c3CC[C@@H](C(C)(C)CC)C4)N2)ccc1OCc1ccccc1. The fourth-order valence-corrected chi connectivity index (χ4v) is 6.60. The van der Waals surface area contributed by atoms with Gasteiger partial charge in [-0.15, -0.1) is 11.3 Å². The van der Waals surface area contributed by atoms with E-state index in [1.165, 1.54) is 16.9 Å². The van der Waals surface area contributed by atoms with Crippen LogP contribution in [0.3, 0.4) is 0 Å². The van der Waals surface area contributed by atoms with E-state index in [0.29, 0.717) is 36.0 Å². The minimum absolute atomic E-state index is 0.0156. The van der Waals surface area contributed by atoms with Gasteiger partial charge in [-0.1, -0.05) is 63.6 Å². The second kappa shape index (κ2) is 10.2. The fourth-order valence-electron chi connectivity index (χ4n) is 5.25. The molecule has 5 nitrogen and oxygen atoms in total. The third-order valence-electron chi connectivity index (χ3n) is 7.90. The van der Waals surface area contributed by atoms with Crippen molar-refractivity contribution in [3.8, 4) is 11.5 Å². The number of fused-ring (bicyclic) bond motifs is 3. The van der Waals surface area contributed by atoms with Crippen LogP contribution in [0.15, 0.2) is 48.5 Å². The Morgan fingerprint density at radius 3 is 2.58 bits per heavy atom. The van der Waals surface area contributed by atoms with E-state index >= 15 is 0 Å². The Hall–Kier alpha value is -2.99. The molecule has 1 amide bonds. The van der Waals surface area contributed by atoms with Crippen LogP contribution in [0.2, 0.25) is 0 Å². The molecule has 0 spiro atoms. The maximum Gasteiger partial charge on any atom is 0.256 e. The summed E-state index contributed by atoms with van der Waals surface area (Å²) in [5, 5.41) is 7.78. The van der Waals surface area contributed by atoms with E-state index < -0.39 is 0 Å². The lowest BCUT2D eigenvalue weighted by Crippen LogP contribution is -2.38. The van der Waals surface area contributed by atoms with E-state index in [2.05, 4.69) is 31.4 Å². The minimum atomic E-state index is -0.310. The number of rotatable bonds is 8. The number of hydrogen-bond acceptors (Lipinski definition) is 5. The lowest BCUT2D eigenvalue weighted by atomic mass is 9.69. The van der Waals surface area contributed by atoms with Crippen LogP contribution in [0.1, 0.15) is 78.6 Å². The molecule has 1 aliphatic heterocycles. The first-order chi connectivity index (χ1) is 17.4. The first kappa shape index (κ1) is 24.7. The quantitative estimate of drug-likeness (QED) is 0.343. The van der Waals surface area contributed by atoms with E-state index in [0.717, 1.165) is 41.0 Å². The number of carbonyl (C=O) groups is 1. The first-order valence-electron chi connectivity index (χ1n) is 13.0. The standard InChI is InChI=1S/C30H36N2O3S/c1-5-30(3,4)21-13-14-22-25(17-21)36-29-26(22)28(33)31-27(32-29)20-12-15-23(24(16-20)34-6-2)35-18-19-10-8-7-9-11-19/h7-12,15-16,21,27,32H,5-6,13-14,17-18H2,1-4H3,(H,31,33)/t21-,27+/m1/s1. The molecular formula is C30H36N2O3S. The van der Waals surface area contributed by atoms with Crippen molar-refractivity contribution >= 4 is 22.2 Å². The summed E-state index contributed by atoms with van der Waals surface area (Å²) in [6.45, 7) is 10.00. The zero-order chi connectivity index (χ0) is 25.3. The van der Waals surface area contributed by atoms with Gasteiger partial charge in [-0.2, -0.15) is 0 Å². The summed E-state index contributed by atoms with van der Waals surface area (Å²) in [4.78, 5) is 14.6. The number of anilines is 1. The summed E-state index contributed by atoms with van der Waals surface area (Å²) in [6.07, 6.45) is 4.06. The smallest absolute Gasteiger partial charge is 0.256 e. The van der Waals surface area contributed by atoms with Gasteiger partial charge in [0.2, 0.25) is 0 Å². The van der Waals surface area contributed by atoms with E-state index in [4.69, 9.17) is 9.47 Å². The van der Waals surface area contributed by atoms with Crippen molar-refractivity contribution in [1.82, 2.24) is 5.32 Å². The van der Waals surface area contributed by atoms with Crippen molar-refractivity contribution in [2.24, 2.45) is 11.3 Å². The number of ether oxygens (including phenoxy) is 2. The largest absolute Gasteiger partial charge is 0.490 e. The molecule has 36 heavy (non-hydrogen) atoms. The second-order valence-corrected chi connectivity index (χ2v) is 11.6. The first-order valence-corrected chi connectivity index (χ1v) is 13.9. The number of benzene rings is 2. The van der Waals surface area contributed by atoms with Crippen LogP contribution in [0, 0.1) is 11.3 Å². The van der Waals surface area contributed by atoms with Gasteiger partial charge in [-0.25, -0.2) is 0 Å². The lowest BCUT2D eigenvalue weighted by molar-refractivity contribution is 0.0934. The van der Waals surface area contributed by atoms with Gasteiger partial charge in [0, 0.05) is 4.88 Å². The molecule has 2 atom stereocenters. The topological polar surface area (TPSA) is 59.6 Å². The maximum atomic E-state index is 13.3. The van der Waals surface area contributed by atoms with E-state index in [1.807, 2.05) is 55.5 Å². The molecule has 1 aromatic heterocycles. The Kier molecular flexibility index (Phi) is 6.98. The molecule has 3 aromatic rings. The predicted molar refractivity (Wildman–Crippen MR) is 146 cm³/mol. The molecule has 2 N–H and O–H groups in total. The van der Waals surface area contributed by atoms with Gasteiger partial charge in [0.15, 0.2) is 11.5 Å². The predicted octanol–water partition coefficient (Wildman–Crippen LogP) is 7.12. The fraction of sp³-hybridized carbons (Fsp3) is 0.433. The number of carbonyl (C=O) groups excluding carboxylic acids is 1. The van der Waals surface area contributed by atoms with E-state index in [1.54, 1.807) is 11.3 Å². The summed E-state index contributed by atoms with van der Waals surface area (Å²) >= 11 is 1.77. The zero-order valence-corrected chi connectivity index (χ0v) is 22.5. The molecule has 0 radical (unpaired) electrons. The highest BCUT2D eigenvalue weighted by atomic mass is 32.1. The van der Waals surface area contributed by atoms with Crippen molar-refractivity contribution in [2.75, 3.05) is 11.9 Å². The molecule has 2 heterocycles. The van der Waals surface area contributed by atoms with Gasteiger partial charge in [0.25, 0.3) is 5.91 Å². The molecule has 0 unspecified atom stereocenters. The van der Waals surface area contributed by atoms with Gasteiger partial charge in [0.1, 0.15) is 17.8 Å². The third kappa shape index (κ3) is 4.83. The van der Waals surface area contributed by atoms with Gasteiger partial charge < -0.3 is 20.1 Å². The molecule has 2 aromatic carbocycles. The third-order valence-corrected chi connectivity index (χ3v) is 9.08. The Morgan fingerprint density at radius 2 is 1.83 bits per heavy atom. The van der Waals surface area contributed by atoms with Crippen LogP contribution in [0.5, 0.6) is 11.5 Å². The van der Waals surface area contributed by atoms with E-state index in [9.17, 15) is 4.79 Å². The number of thiophene rings is 1. The summed E-state index contributed by atoms with van der Waals surface area (Å²) in [5.41, 5.74) is 4.47.